The van der Waals surface area contributed by atoms with E-state index in [1.54, 1.807) is 42.5 Å². The second kappa shape index (κ2) is 9.65. The molecule has 0 heterocycles. The predicted molar refractivity (Wildman–Crippen MR) is 121 cm³/mol. The van der Waals surface area contributed by atoms with Crippen LogP contribution in [0, 0.1) is 13.8 Å². The highest BCUT2D eigenvalue weighted by Crippen LogP contribution is 2.26. The maximum Gasteiger partial charge on any atom is 0.262 e. The van der Waals surface area contributed by atoms with Crippen LogP contribution < -0.4 is 15.4 Å². The summed E-state index contributed by atoms with van der Waals surface area (Å²) < 4.78 is 5.52. The zero-order valence-corrected chi connectivity index (χ0v) is 18.0. The van der Waals surface area contributed by atoms with Crippen molar-refractivity contribution in [3.05, 3.63) is 87.4 Å². The number of nitrogens with one attached hydrogen (secondary N) is 2. The third-order valence-corrected chi connectivity index (χ3v) is 4.89. The molecular formula is C23H20Cl2N2O3. The van der Waals surface area contributed by atoms with Crippen LogP contribution in [-0.4, -0.2) is 18.4 Å². The zero-order chi connectivity index (χ0) is 21.7. The van der Waals surface area contributed by atoms with Crippen molar-refractivity contribution in [2.45, 2.75) is 13.8 Å². The van der Waals surface area contributed by atoms with Crippen molar-refractivity contribution in [1.29, 1.82) is 0 Å². The molecule has 5 nitrogen and oxygen atoms in total. The number of carbonyl (C=O) groups excluding carboxylic acids is 2. The van der Waals surface area contributed by atoms with E-state index in [-0.39, 0.29) is 18.4 Å². The van der Waals surface area contributed by atoms with E-state index >= 15 is 0 Å². The number of ether oxygens (including phenoxy) is 1. The Balaban J connectivity index is 1.56. The molecule has 2 amide bonds. The van der Waals surface area contributed by atoms with Gasteiger partial charge in [0.05, 0.1) is 10.7 Å². The fourth-order valence-electron chi connectivity index (χ4n) is 2.70. The van der Waals surface area contributed by atoms with Gasteiger partial charge in [-0.3, -0.25) is 9.59 Å². The number of benzene rings is 3. The molecule has 0 radical (unpaired) electrons. The molecule has 0 atom stereocenters. The van der Waals surface area contributed by atoms with Crippen LogP contribution in [0.1, 0.15) is 21.5 Å². The van der Waals surface area contributed by atoms with Gasteiger partial charge >= 0.3 is 0 Å². The highest BCUT2D eigenvalue weighted by atomic mass is 35.5. The number of aryl methyl sites for hydroxylation is 2. The van der Waals surface area contributed by atoms with E-state index in [4.69, 9.17) is 27.9 Å². The molecule has 0 aliphatic rings. The van der Waals surface area contributed by atoms with E-state index in [9.17, 15) is 9.59 Å². The van der Waals surface area contributed by atoms with E-state index in [0.717, 1.165) is 16.8 Å². The first-order valence-corrected chi connectivity index (χ1v) is 9.94. The average molecular weight is 443 g/mol. The lowest BCUT2D eigenvalue weighted by Crippen LogP contribution is -2.20. The molecule has 0 aliphatic heterocycles. The SMILES string of the molecule is Cc1ccc(C)c(NC(=O)COc2ccc(C(=O)Nc3cc(Cl)ccc3Cl)cc2)c1. The smallest absolute Gasteiger partial charge is 0.262 e. The Labute approximate surface area is 185 Å². The van der Waals surface area contributed by atoms with Crippen molar-refractivity contribution in [3.8, 4) is 5.75 Å². The molecule has 0 unspecified atom stereocenters. The number of halogens is 2. The van der Waals surface area contributed by atoms with E-state index in [1.165, 1.54) is 0 Å². The predicted octanol–water partition coefficient (Wildman–Crippen LogP) is 5.88. The van der Waals surface area contributed by atoms with Gasteiger partial charge in [-0.15, -0.1) is 0 Å². The normalized spacial score (nSPS) is 10.4. The van der Waals surface area contributed by atoms with Crippen molar-refractivity contribution in [2.24, 2.45) is 0 Å². The van der Waals surface area contributed by atoms with Crippen LogP contribution in [0.2, 0.25) is 10.0 Å². The van der Waals surface area contributed by atoms with Gasteiger partial charge in [0.25, 0.3) is 11.8 Å². The highest BCUT2D eigenvalue weighted by Gasteiger charge is 2.10. The Kier molecular flexibility index (Phi) is 6.98. The molecule has 0 saturated carbocycles. The minimum atomic E-state index is -0.335. The fourth-order valence-corrected chi connectivity index (χ4v) is 3.03. The molecule has 0 aromatic heterocycles. The molecule has 0 aliphatic carbocycles. The Hall–Kier alpha value is -3.02. The zero-order valence-electron chi connectivity index (χ0n) is 16.5. The minimum absolute atomic E-state index is 0.142. The molecule has 3 aromatic rings. The minimum Gasteiger partial charge on any atom is -0.484 e. The summed E-state index contributed by atoms with van der Waals surface area (Å²) in [5.41, 5.74) is 3.64. The number of amides is 2. The second-order valence-electron chi connectivity index (χ2n) is 6.76. The molecule has 2 N–H and O–H groups in total. The van der Waals surface area contributed by atoms with Crippen molar-refractivity contribution in [2.75, 3.05) is 17.2 Å². The summed E-state index contributed by atoms with van der Waals surface area (Å²) in [6, 6.07) is 17.1. The van der Waals surface area contributed by atoms with Gasteiger partial charge < -0.3 is 15.4 Å². The first kappa shape index (κ1) is 21.7. The van der Waals surface area contributed by atoms with Crippen LogP contribution in [-0.2, 0) is 4.79 Å². The standard InChI is InChI=1S/C23H20Cl2N2O3/c1-14-3-4-15(2)20(11-14)26-22(28)13-30-18-8-5-16(6-9-18)23(29)27-21-12-17(24)7-10-19(21)25/h3-12H,13H2,1-2H3,(H,26,28)(H,27,29). The molecule has 3 rings (SSSR count). The first-order valence-electron chi connectivity index (χ1n) is 9.18. The summed E-state index contributed by atoms with van der Waals surface area (Å²) in [6.07, 6.45) is 0. The van der Waals surface area contributed by atoms with Gasteiger partial charge in [-0.05, 0) is 73.5 Å². The van der Waals surface area contributed by atoms with Gasteiger partial charge in [0.2, 0.25) is 0 Å². The maximum absolute atomic E-state index is 12.4. The number of carbonyl (C=O) groups is 2. The summed E-state index contributed by atoms with van der Waals surface area (Å²) in [5.74, 6) is -0.122. The van der Waals surface area contributed by atoms with E-state index in [1.807, 2.05) is 32.0 Å². The van der Waals surface area contributed by atoms with Crippen molar-refractivity contribution in [3.63, 3.8) is 0 Å². The maximum atomic E-state index is 12.4. The monoisotopic (exact) mass is 442 g/mol. The number of hydrogen-bond acceptors (Lipinski definition) is 3. The Bertz CT molecular complexity index is 1080. The van der Waals surface area contributed by atoms with Crippen LogP contribution in [0.15, 0.2) is 60.7 Å². The summed E-state index contributed by atoms with van der Waals surface area (Å²) in [7, 11) is 0. The summed E-state index contributed by atoms with van der Waals surface area (Å²) in [6.45, 7) is 3.75. The third-order valence-electron chi connectivity index (χ3n) is 4.33. The van der Waals surface area contributed by atoms with Crippen LogP contribution in [0.25, 0.3) is 0 Å². The molecule has 30 heavy (non-hydrogen) atoms. The van der Waals surface area contributed by atoms with Gasteiger partial charge in [-0.2, -0.15) is 0 Å². The van der Waals surface area contributed by atoms with Gasteiger partial charge in [-0.25, -0.2) is 0 Å². The van der Waals surface area contributed by atoms with Gasteiger partial charge in [0.1, 0.15) is 5.75 Å². The summed E-state index contributed by atoms with van der Waals surface area (Å²) >= 11 is 12.0. The molecule has 0 bridgehead atoms. The van der Waals surface area contributed by atoms with E-state index in [0.29, 0.717) is 27.0 Å². The molecule has 0 fully saturated rings. The lowest BCUT2D eigenvalue weighted by Gasteiger charge is -2.11. The van der Waals surface area contributed by atoms with Gasteiger partial charge in [0.15, 0.2) is 6.61 Å². The second-order valence-corrected chi connectivity index (χ2v) is 7.60. The van der Waals surface area contributed by atoms with Gasteiger partial charge in [0, 0.05) is 16.3 Å². The Morgan fingerprint density at radius 1 is 0.867 bits per heavy atom. The lowest BCUT2D eigenvalue weighted by molar-refractivity contribution is -0.118. The quantitative estimate of drug-likeness (QED) is 0.500. The number of anilines is 2. The van der Waals surface area contributed by atoms with Gasteiger partial charge in [-0.1, -0.05) is 35.3 Å². The van der Waals surface area contributed by atoms with Crippen molar-refractivity contribution < 1.29 is 14.3 Å². The molecule has 154 valence electrons. The molecule has 3 aromatic carbocycles. The average Bonchev–Trinajstić information content (AvgIpc) is 2.72. The van der Waals surface area contributed by atoms with Crippen LogP contribution in [0.5, 0.6) is 5.75 Å². The first-order chi connectivity index (χ1) is 14.3. The largest absolute Gasteiger partial charge is 0.484 e. The van der Waals surface area contributed by atoms with Crippen LogP contribution in [0.4, 0.5) is 11.4 Å². The molecule has 0 saturated heterocycles. The lowest BCUT2D eigenvalue weighted by atomic mass is 10.1. The Morgan fingerprint density at radius 2 is 1.60 bits per heavy atom. The van der Waals surface area contributed by atoms with Crippen molar-refractivity contribution >= 4 is 46.4 Å². The summed E-state index contributed by atoms with van der Waals surface area (Å²) in [4.78, 5) is 24.6. The van der Waals surface area contributed by atoms with E-state index in [2.05, 4.69) is 10.6 Å². The molecule has 7 heteroatoms. The van der Waals surface area contributed by atoms with E-state index < -0.39 is 0 Å². The van der Waals surface area contributed by atoms with Crippen molar-refractivity contribution in [1.82, 2.24) is 0 Å². The van der Waals surface area contributed by atoms with Crippen LogP contribution >= 0.6 is 23.2 Å². The topological polar surface area (TPSA) is 67.4 Å². The van der Waals surface area contributed by atoms with Crippen LogP contribution in [0.3, 0.4) is 0 Å². The third kappa shape index (κ3) is 5.75. The highest BCUT2D eigenvalue weighted by molar-refractivity contribution is 6.35. The number of rotatable bonds is 6. The summed E-state index contributed by atoms with van der Waals surface area (Å²) in [5, 5.41) is 6.41. The Morgan fingerprint density at radius 3 is 2.33 bits per heavy atom. The molecule has 0 spiro atoms. The molecular weight excluding hydrogens is 423 g/mol. The fraction of sp³-hybridized carbons (Fsp3) is 0.130. The number of hydrogen-bond donors (Lipinski definition) is 2.